The first-order valence-electron chi connectivity index (χ1n) is 8.36. The van der Waals surface area contributed by atoms with Gasteiger partial charge in [0, 0.05) is 35.6 Å². The number of rotatable bonds is 7. The van der Waals surface area contributed by atoms with Gasteiger partial charge in [0.05, 0.1) is 25.4 Å². The highest BCUT2D eigenvalue weighted by Gasteiger charge is 2.25. The number of halogens is 1. The molecule has 1 saturated heterocycles. The average Bonchev–Trinajstić information content (AvgIpc) is 2.60. The van der Waals surface area contributed by atoms with Gasteiger partial charge in [-0.25, -0.2) is 14.4 Å². The van der Waals surface area contributed by atoms with Crippen LogP contribution >= 0.6 is 0 Å². The van der Waals surface area contributed by atoms with Gasteiger partial charge >= 0.3 is 0 Å². The predicted molar refractivity (Wildman–Crippen MR) is 97.5 cm³/mol. The van der Waals surface area contributed by atoms with E-state index in [-0.39, 0.29) is 12.2 Å². The molecule has 8 heteroatoms. The molecular formula is C18H22FN5O2. The van der Waals surface area contributed by atoms with E-state index < -0.39 is 5.82 Å². The number of anilines is 1. The second-order valence-electron chi connectivity index (χ2n) is 6.36. The Morgan fingerprint density at radius 3 is 2.65 bits per heavy atom. The third-order valence-corrected chi connectivity index (χ3v) is 4.05. The second-order valence-corrected chi connectivity index (χ2v) is 6.36. The molecule has 2 aromatic rings. The Morgan fingerprint density at radius 2 is 2.00 bits per heavy atom. The summed E-state index contributed by atoms with van der Waals surface area (Å²) in [6.07, 6.45) is 3.18. The van der Waals surface area contributed by atoms with Crippen molar-refractivity contribution >= 4 is 11.7 Å². The van der Waals surface area contributed by atoms with Crippen LogP contribution in [0.4, 0.5) is 10.3 Å². The molecule has 7 nitrogen and oxygen atoms in total. The Hall–Kier alpha value is -2.58. The van der Waals surface area contributed by atoms with Crippen LogP contribution in [0, 0.1) is 5.82 Å². The summed E-state index contributed by atoms with van der Waals surface area (Å²) in [6.45, 7) is 2.27. The number of aromatic nitrogens is 2. The molecule has 0 bridgehead atoms. The first kappa shape index (κ1) is 18.2. The summed E-state index contributed by atoms with van der Waals surface area (Å²) in [6, 6.07) is 4.90. The van der Waals surface area contributed by atoms with Gasteiger partial charge in [0.25, 0.3) is 0 Å². The highest BCUT2D eigenvalue weighted by molar-refractivity contribution is 5.98. The largest absolute Gasteiger partial charge is 0.394 e. The van der Waals surface area contributed by atoms with Gasteiger partial charge in [0.1, 0.15) is 12.4 Å². The van der Waals surface area contributed by atoms with Crippen LogP contribution in [-0.2, 0) is 11.4 Å². The molecule has 1 aromatic carbocycles. The van der Waals surface area contributed by atoms with Crippen molar-refractivity contribution < 1.29 is 14.3 Å². The first-order valence-corrected chi connectivity index (χ1v) is 8.36. The molecule has 2 heterocycles. The molecule has 0 amide bonds. The Balaban J connectivity index is 1.59. The molecular weight excluding hydrogens is 337 g/mol. The van der Waals surface area contributed by atoms with Gasteiger partial charge in [-0.1, -0.05) is 23.4 Å². The van der Waals surface area contributed by atoms with E-state index in [2.05, 4.69) is 15.1 Å². The summed E-state index contributed by atoms with van der Waals surface area (Å²) in [5.74, 6) is 0.124. The van der Waals surface area contributed by atoms with Crippen LogP contribution in [0.25, 0.3) is 11.1 Å². The molecule has 0 radical (unpaired) electrons. The van der Waals surface area contributed by atoms with Crippen molar-refractivity contribution in [1.29, 1.82) is 0 Å². The zero-order valence-electron chi connectivity index (χ0n) is 14.9. The topological polar surface area (TPSA) is 74.1 Å². The van der Waals surface area contributed by atoms with Crippen LogP contribution in [0.2, 0.25) is 0 Å². The number of benzene rings is 1. The summed E-state index contributed by atoms with van der Waals surface area (Å²) in [4.78, 5) is 17.9. The van der Waals surface area contributed by atoms with Crippen LogP contribution in [-0.4, -0.2) is 66.0 Å². The van der Waals surface area contributed by atoms with E-state index in [9.17, 15) is 9.50 Å². The van der Waals surface area contributed by atoms with Crippen molar-refractivity contribution in [3.8, 4) is 11.1 Å². The quantitative estimate of drug-likeness (QED) is 0.597. The van der Waals surface area contributed by atoms with Gasteiger partial charge in [-0.05, 0) is 14.1 Å². The smallest absolute Gasteiger partial charge is 0.225 e. The fourth-order valence-corrected chi connectivity index (χ4v) is 2.50. The molecule has 1 fully saturated rings. The fourth-order valence-electron chi connectivity index (χ4n) is 2.50. The molecule has 0 spiro atoms. The van der Waals surface area contributed by atoms with Crippen molar-refractivity contribution in [1.82, 2.24) is 14.9 Å². The SMILES string of the molecule is CN(C)CCON=C1CN(c2ncc(-c3cccc(CO)c3F)cn2)C1. The van der Waals surface area contributed by atoms with Crippen LogP contribution in [0.5, 0.6) is 0 Å². The zero-order valence-corrected chi connectivity index (χ0v) is 14.9. The van der Waals surface area contributed by atoms with Crippen molar-refractivity contribution in [2.75, 3.05) is 45.2 Å². The molecule has 0 saturated carbocycles. The Kier molecular flexibility index (Phi) is 5.75. The normalized spacial score (nSPS) is 13.7. The van der Waals surface area contributed by atoms with Gasteiger partial charge in [0.15, 0.2) is 0 Å². The number of hydrogen-bond acceptors (Lipinski definition) is 7. The van der Waals surface area contributed by atoms with Crippen molar-refractivity contribution in [3.05, 3.63) is 42.0 Å². The molecule has 3 rings (SSSR count). The molecule has 1 aliphatic heterocycles. The molecule has 0 atom stereocenters. The maximum atomic E-state index is 14.3. The minimum Gasteiger partial charge on any atom is -0.394 e. The molecule has 138 valence electrons. The summed E-state index contributed by atoms with van der Waals surface area (Å²) < 4.78 is 14.3. The third kappa shape index (κ3) is 4.14. The molecule has 1 aliphatic rings. The lowest BCUT2D eigenvalue weighted by molar-refractivity contribution is 0.124. The maximum Gasteiger partial charge on any atom is 0.225 e. The summed E-state index contributed by atoms with van der Waals surface area (Å²) in [5, 5.41) is 13.3. The Bertz CT molecular complexity index is 772. The minimum absolute atomic E-state index is 0.254. The second kappa shape index (κ2) is 8.20. The van der Waals surface area contributed by atoms with E-state index in [1.54, 1.807) is 30.6 Å². The fraction of sp³-hybridized carbons (Fsp3) is 0.389. The van der Waals surface area contributed by atoms with Gasteiger partial charge in [-0.3, -0.25) is 0 Å². The minimum atomic E-state index is -0.445. The van der Waals surface area contributed by atoms with E-state index in [4.69, 9.17) is 4.84 Å². The Labute approximate surface area is 151 Å². The van der Waals surface area contributed by atoms with Crippen LogP contribution < -0.4 is 4.90 Å². The summed E-state index contributed by atoms with van der Waals surface area (Å²) in [5.41, 5.74) is 2.15. The first-order chi connectivity index (χ1) is 12.6. The van der Waals surface area contributed by atoms with Crippen LogP contribution in [0.3, 0.4) is 0 Å². The van der Waals surface area contributed by atoms with Gasteiger partial charge in [0.2, 0.25) is 5.95 Å². The van der Waals surface area contributed by atoms with Crippen LogP contribution in [0.1, 0.15) is 5.56 Å². The standard InChI is InChI=1S/C18H22FN5O2/c1-23(2)6-7-26-22-15-10-24(11-15)18-20-8-14(9-21-18)16-5-3-4-13(12-25)17(16)19/h3-5,8-9,25H,6-7,10-12H2,1-2H3. The number of nitrogens with zero attached hydrogens (tertiary/aromatic N) is 5. The monoisotopic (exact) mass is 359 g/mol. The highest BCUT2D eigenvalue weighted by atomic mass is 19.1. The van der Waals surface area contributed by atoms with Crippen molar-refractivity contribution in [2.45, 2.75) is 6.61 Å². The zero-order chi connectivity index (χ0) is 18.5. The molecule has 26 heavy (non-hydrogen) atoms. The highest BCUT2D eigenvalue weighted by Crippen LogP contribution is 2.25. The molecule has 1 aromatic heterocycles. The van der Waals surface area contributed by atoms with E-state index in [0.717, 1.165) is 12.3 Å². The number of hydrogen-bond donors (Lipinski definition) is 1. The van der Waals surface area contributed by atoms with Gasteiger partial charge in [-0.15, -0.1) is 0 Å². The average molecular weight is 359 g/mol. The van der Waals surface area contributed by atoms with E-state index in [0.29, 0.717) is 36.8 Å². The predicted octanol–water partition coefficient (Wildman–Crippen LogP) is 1.53. The van der Waals surface area contributed by atoms with Gasteiger partial charge < -0.3 is 19.7 Å². The number of aliphatic hydroxyl groups is 1. The van der Waals surface area contributed by atoms with E-state index >= 15 is 0 Å². The number of oxime groups is 1. The number of aliphatic hydroxyl groups excluding tert-OH is 1. The lowest BCUT2D eigenvalue weighted by atomic mass is 10.1. The summed E-state index contributed by atoms with van der Waals surface area (Å²) >= 11 is 0. The molecule has 1 N–H and O–H groups in total. The third-order valence-electron chi connectivity index (χ3n) is 4.05. The van der Waals surface area contributed by atoms with E-state index in [1.807, 2.05) is 23.9 Å². The van der Waals surface area contributed by atoms with Crippen molar-refractivity contribution in [3.63, 3.8) is 0 Å². The van der Waals surface area contributed by atoms with Crippen molar-refractivity contribution in [2.24, 2.45) is 5.16 Å². The van der Waals surface area contributed by atoms with E-state index in [1.165, 1.54) is 0 Å². The van der Waals surface area contributed by atoms with Gasteiger partial charge in [-0.2, -0.15) is 0 Å². The molecule has 0 aliphatic carbocycles. The lowest BCUT2D eigenvalue weighted by Gasteiger charge is -2.31. The molecule has 0 unspecified atom stereocenters. The Morgan fingerprint density at radius 1 is 1.27 bits per heavy atom. The van der Waals surface area contributed by atoms with Crippen LogP contribution in [0.15, 0.2) is 35.7 Å². The number of likely N-dealkylation sites (N-methyl/N-ethyl adjacent to an activating group) is 1. The maximum absolute atomic E-state index is 14.3. The summed E-state index contributed by atoms with van der Waals surface area (Å²) in [7, 11) is 3.96. The lowest BCUT2D eigenvalue weighted by Crippen LogP contribution is -2.48.